The highest BCUT2D eigenvalue weighted by atomic mass is 19.3. The Bertz CT molecular complexity index is 2250. The lowest BCUT2D eigenvalue weighted by Gasteiger charge is -2.21. The zero-order valence-electron chi connectivity index (χ0n) is 32.6. The van der Waals surface area contributed by atoms with E-state index >= 15 is 0 Å². The molecule has 0 spiro atoms. The molecule has 5 rings (SSSR count). The number of nitrogen functional groups attached to an aromatic ring is 2. The van der Waals surface area contributed by atoms with Gasteiger partial charge in [-0.2, -0.15) is 23.7 Å². The van der Waals surface area contributed by atoms with Crippen LogP contribution in [0.5, 0.6) is 0 Å². The quantitative estimate of drug-likeness (QED) is 0.0456. The lowest BCUT2D eigenvalue weighted by atomic mass is 10.1. The normalized spacial score (nSPS) is 17.4. The van der Waals surface area contributed by atoms with Gasteiger partial charge in [-0.3, -0.25) is 19.0 Å². The third-order valence-corrected chi connectivity index (χ3v) is 9.06. The van der Waals surface area contributed by atoms with Crippen molar-refractivity contribution < 1.29 is 57.5 Å². The molecule has 328 valence electrons. The van der Waals surface area contributed by atoms with Gasteiger partial charge in [0.25, 0.3) is 5.91 Å². The number of fused-ring (bicyclic) bond motifs is 1. The molecule has 0 unspecified atom stereocenters. The molecule has 3 aromatic heterocycles. The van der Waals surface area contributed by atoms with Crippen LogP contribution in [0.3, 0.4) is 0 Å². The van der Waals surface area contributed by atoms with E-state index in [1.54, 1.807) is 19.2 Å². The van der Waals surface area contributed by atoms with Crippen molar-refractivity contribution in [3.63, 3.8) is 0 Å². The summed E-state index contributed by atoms with van der Waals surface area (Å²) in [6.07, 6.45) is -4.19. The molecular weight excluding hydrogens is 814 g/mol. The predicted octanol–water partition coefficient (Wildman–Crippen LogP) is -1.20. The van der Waals surface area contributed by atoms with Crippen LogP contribution in [0.25, 0.3) is 11.2 Å². The highest BCUT2D eigenvalue weighted by Gasteiger charge is 2.59. The van der Waals surface area contributed by atoms with Gasteiger partial charge >= 0.3 is 17.6 Å². The van der Waals surface area contributed by atoms with Crippen molar-refractivity contribution in [1.29, 1.82) is 0 Å². The lowest BCUT2D eigenvalue weighted by molar-refractivity contribution is -0.141. The van der Waals surface area contributed by atoms with Gasteiger partial charge in [0.1, 0.15) is 18.0 Å². The van der Waals surface area contributed by atoms with Gasteiger partial charge in [0.15, 0.2) is 23.1 Å². The van der Waals surface area contributed by atoms with Gasteiger partial charge in [0.05, 0.1) is 57.9 Å². The van der Waals surface area contributed by atoms with E-state index in [2.05, 4.69) is 40.9 Å². The van der Waals surface area contributed by atoms with Crippen molar-refractivity contribution in [2.45, 2.75) is 56.2 Å². The Morgan fingerprint density at radius 3 is 2.39 bits per heavy atom. The number of nitrogens with zero attached hydrogens (tertiary/aromatic N) is 7. The number of halogens is 2. The molecule has 1 saturated heterocycles. The van der Waals surface area contributed by atoms with E-state index in [1.807, 2.05) is 4.90 Å². The number of benzene rings is 1. The summed E-state index contributed by atoms with van der Waals surface area (Å²) in [5, 5.41) is 35.8. The van der Waals surface area contributed by atoms with Crippen LogP contribution in [0, 0.1) is 0 Å². The second-order valence-electron chi connectivity index (χ2n) is 13.5. The second-order valence-corrected chi connectivity index (χ2v) is 13.5. The summed E-state index contributed by atoms with van der Waals surface area (Å²) in [6, 6.07) is 6.18. The van der Waals surface area contributed by atoms with Crippen LogP contribution in [0.1, 0.15) is 41.5 Å². The Hall–Kier alpha value is -6.54. The number of carbonyl (C=O) groups excluding carboxylic acids is 3. The van der Waals surface area contributed by atoms with Gasteiger partial charge in [-0.05, 0) is 36.8 Å². The number of aromatic nitrogens is 6. The monoisotopic (exact) mass is 858 g/mol. The van der Waals surface area contributed by atoms with Crippen LogP contribution in [0.15, 0.2) is 47.5 Å². The number of rotatable bonds is 21. The maximum absolute atomic E-state index is 14.4. The number of amides is 3. The minimum absolute atomic E-state index is 0.0122. The van der Waals surface area contributed by atoms with Crippen LogP contribution < -0.4 is 38.0 Å². The van der Waals surface area contributed by atoms with Crippen molar-refractivity contribution >= 4 is 58.1 Å². The number of carbonyl (C=O) groups is 4. The molecule has 1 fully saturated rings. The van der Waals surface area contributed by atoms with E-state index in [1.165, 1.54) is 18.3 Å². The molecule has 61 heavy (non-hydrogen) atoms. The average Bonchev–Trinajstić information content (AvgIpc) is 3.45. The van der Waals surface area contributed by atoms with Crippen molar-refractivity contribution in [3.05, 3.63) is 64.5 Å². The summed E-state index contributed by atoms with van der Waals surface area (Å²) in [7, 11) is 1.80. The Morgan fingerprint density at radius 1 is 1.00 bits per heavy atom. The van der Waals surface area contributed by atoms with E-state index in [-0.39, 0.29) is 81.0 Å². The summed E-state index contributed by atoms with van der Waals surface area (Å²) >= 11 is 0. The molecule has 10 N–H and O–H groups in total. The standard InChI is InChI=1S/C36H44F2N12O11/c1-49(17-20-16-42-30-27(43-20)29(39)47-34(40)48-30)21-4-2-19(3-5-21)31(55)44-22(32(56)57)6-7-25(52)41-10-13-60-15-14-59-12-9-26(53)45-24-8-11-50(35(58)46-24)33-36(37,38)28(54)23(18-51)61-33/h2-5,8,11,16,22-23,28,33,51,54H,6-7,9-10,12-15,17-18H2,1H3,(H,41,52)(H,44,55)(H,56,57)(H,45,46,53,58)(H4,39,40,42,47,48)/t22-,23-,28-,33-/m1/s1. The van der Waals surface area contributed by atoms with Gasteiger partial charge in [-0.1, -0.05) is 0 Å². The number of nitrogens with one attached hydrogen (secondary N) is 3. The van der Waals surface area contributed by atoms with Gasteiger partial charge < -0.3 is 61.8 Å². The fourth-order valence-corrected chi connectivity index (χ4v) is 5.86. The minimum atomic E-state index is -3.88. The number of nitrogens with two attached hydrogens (primary N) is 2. The first-order valence-electron chi connectivity index (χ1n) is 18.6. The molecular formula is C36H44F2N12O11. The smallest absolute Gasteiger partial charge is 0.351 e. The summed E-state index contributed by atoms with van der Waals surface area (Å²) in [4.78, 5) is 83.6. The third kappa shape index (κ3) is 12.0. The minimum Gasteiger partial charge on any atom is -0.480 e. The summed E-state index contributed by atoms with van der Waals surface area (Å²) in [6.45, 7) is -0.191. The molecule has 4 heterocycles. The van der Waals surface area contributed by atoms with E-state index in [0.29, 0.717) is 22.3 Å². The fourth-order valence-electron chi connectivity index (χ4n) is 5.86. The van der Waals surface area contributed by atoms with E-state index in [9.17, 15) is 43.0 Å². The molecule has 0 radical (unpaired) electrons. The molecule has 4 aromatic rings. The number of aliphatic hydroxyl groups excluding tert-OH is 2. The van der Waals surface area contributed by atoms with Gasteiger partial charge in [0.2, 0.25) is 24.0 Å². The molecule has 25 heteroatoms. The number of carboxylic acid groups (broad SMARTS) is 1. The van der Waals surface area contributed by atoms with Crippen LogP contribution in [-0.4, -0.2) is 139 Å². The van der Waals surface area contributed by atoms with Crippen LogP contribution >= 0.6 is 0 Å². The number of aliphatic hydroxyl groups is 2. The van der Waals surface area contributed by atoms with E-state index in [0.717, 1.165) is 18.0 Å². The Kier molecular flexibility index (Phi) is 15.4. The van der Waals surface area contributed by atoms with Gasteiger partial charge in [-0.25, -0.2) is 19.6 Å². The lowest BCUT2D eigenvalue weighted by Crippen LogP contribution is -2.41. The summed E-state index contributed by atoms with van der Waals surface area (Å²) < 4.78 is 44.8. The number of aliphatic carboxylic acids is 1. The second kappa shape index (κ2) is 20.6. The van der Waals surface area contributed by atoms with E-state index < -0.39 is 66.4 Å². The Labute approximate surface area is 344 Å². The van der Waals surface area contributed by atoms with Crippen molar-refractivity contribution in [2.75, 3.05) is 68.3 Å². The average molecular weight is 859 g/mol. The molecule has 0 aliphatic carbocycles. The molecule has 1 aliphatic heterocycles. The number of alkyl halides is 2. The van der Waals surface area contributed by atoms with E-state index in [4.69, 9.17) is 30.8 Å². The van der Waals surface area contributed by atoms with Gasteiger partial charge in [0, 0.05) is 37.5 Å². The topological polar surface area (TPSA) is 334 Å². The summed E-state index contributed by atoms with van der Waals surface area (Å²) in [5.41, 5.74) is 12.4. The van der Waals surface area contributed by atoms with Crippen molar-refractivity contribution in [2.24, 2.45) is 0 Å². The molecule has 3 amide bonds. The number of ether oxygens (including phenoxy) is 3. The zero-order chi connectivity index (χ0) is 44.3. The maximum Gasteiger partial charge on any atom is 0.351 e. The number of carboxylic acids is 1. The largest absolute Gasteiger partial charge is 0.480 e. The van der Waals surface area contributed by atoms with Crippen LogP contribution in [0.4, 0.5) is 32.1 Å². The molecule has 0 saturated carbocycles. The highest BCUT2D eigenvalue weighted by molar-refractivity contribution is 5.97. The van der Waals surface area contributed by atoms with Crippen LogP contribution in [0.2, 0.25) is 0 Å². The Morgan fingerprint density at radius 2 is 1.72 bits per heavy atom. The maximum atomic E-state index is 14.4. The van der Waals surface area contributed by atoms with Crippen LogP contribution in [-0.2, 0) is 35.1 Å². The number of anilines is 4. The first-order chi connectivity index (χ1) is 29.1. The molecule has 0 bridgehead atoms. The third-order valence-electron chi connectivity index (χ3n) is 9.06. The van der Waals surface area contributed by atoms with Gasteiger partial charge in [-0.15, -0.1) is 0 Å². The Balaban J connectivity index is 0.930. The fraction of sp³-hybridized carbons (Fsp3) is 0.444. The number of hydrogen-bond acceptors (Lipinski definition) is 18. The van der Waals surface area contributed by atoms with Crippen molar-refractivity contribution in [1.82, 2.24) is 40.1 Å². The number of hydrogen-bond donors (Lipinski definition) is 8. The summed E-state index contributed by atoms with van der Waals surface area (Å²) in [5.74, 6) is -7.00. The zero-order valence-corrected chi connectivity index (χ0v) is 32.6. The molecule has 1 aliphatic rings. The van der Waals surface area contributed by atoms with Crippen molar-refractivity contribution in [3.8, 4) is 0 Å². The first kappa shape index (κ1) is 45.5. The predicted molar refractivity (Wildman–Crippen MR) is 209 cm³/mol. The first-order valence-corrected chi connectivity index (χ1v) is 18.6. The SMILES string of the molecule is CN(Cc1cnc2nc(N)nc(N)c2n1)c1ccc(C(=O)N[C@H](CCC(=O)NCCOCCOCCC(=O)Nc2ccn([C@@H]3O[C@H](CO)[C@@H](O)C3(F)F)c(=O)n2)C(=O)O)cc1. The highest BCUT2D eigenvalue weighted by Crippen LogP contribution is 2.42. The molecule has 1 aromatic carbocycles. The molecule has 23 nitrogen and oxygen atoms in total. The molecule has 4 atom stereocenters.